The summed E-state index contributed by atoms with van der Waals surface area (Å²) in [6.45, 7) is -0.554. The van der Waals surface area contributed by atoms with E-state index in [2.05, 4.69) is 26.2 Å². The Morgan fingerprint density at radius 1 is 1.04 bits per heavy atom. The molecule has 13 nitrogen and oxygen atoms in total. The first-order chi connectivity index (χ1) is 23.6. The van der Waals surface area contributed by atoms with E-state index >= 15 is 0 Å². The lowest BCUT2D eigenvalue weighted by atomic mass is 9.61. The monoisotopic (exact) mass is 679 g/mol. The number of nitrogens with zero attached hydrogens (tertiary/aromatic N) is 4. The van der Waals surface area contributed by atoms with Crippen molar-refractivity contribution in [2.45, 2.75) is 114 Å². The first-order valence-electron chi connectivity index (χ1n) is 17.4. The van der Waals surface area contributed by atoms with Gasteiger partial charge < -0.3 is 28.8 Å². The van der Waals surface area contributed by atoms with Crippen LogP contribution in [0.4, 0.5) is 10.2 Å². The Kier molecular flexibility index (Phi) is 8.83. The van der Waals surface area contributed by atoms with Crippen LogP contribution in [0.3, 0.4) is 0 Å². The fraction of sp³-hybridized carbons (Fsp3) is 0.686. The highest BCUT2D eigenvalue weighted by atomic mass is 19.1. The molecular weight excluding hydrogens is 637 g/mol. The summed E-state index contributed by atoms with van der Waals surface area (Å²) < 4.78 is 39.5. The predicted octanol–water partition coefficient (Wildman–Crippen LogP) is 4.02. The van der Waals surface area contributed by atoms with Crippen molar-refractivity contribution in [2.24, 2.45) is 22.7 Å². The molecule has 1 saturated heterocycles. The maximum Gasteiger partial charge on any atom is 0.312 e. The molecule has 1 unspecified atom stereocenters. The van der Waals surface area contributed by atoms with Gasteiger partial charge in [0, 0.05) is 20.0 Å². The second kappa shape index (κ2) is 13.0. The van der Waals surface area contributed by atoms with E-state index in [-0.39, 0.29) is 48.9 Å². The molecule has 49 heavy (non-hydrogen) atoms. The van der Waals surface area contributed by atoms with Gasteiger partial charge in [-0.05, 0) is 88.9 Å². The number of terminal acetylenes is 1. The molecule has 1 aliphatic heterocycles. The van der Waals surface area contributed by atoms with Gasteiger partial charge in [-0.15, -0.1) is 6.42 Å². The molecule has 7 fully saturated rings. The number of nitrogens with one attached hydrogen (secondary N) is 1. The number of hydrogen-bond acceptors (Lipinski definition) is 11. The number of fused-ring (bicyclic) bond motifs is 7. The summed E-state index contributed by atoms with van der Waals surface area (Å²) in [6.07, 6.45) is 14.6. The summed E-state index contributed by atoms with van der Waals surface area (Å²) >= 11 is 0. The zero-order chi connectivity index (χ0) is 34.4. The van der Waals surface area contributed by atoms with Crippen LogP contribution < -0.4 is 5.32 Å². The third-order valence-corrected chi connectivity index (χ3v) is 12.1. The van der Waals surface area contributed by atoms with Crippen LogP contribution >= 0.6 is 0 Å². The van der Waals surface area contributed by atoms with Gasteiger partial charge in [0.1, 0.15) is 6.61 Å². The molecule has 3 atom stereocenters. The average Bonchev–Trinajstić information content (AvgIpc) is 3.76. The minimum absolute atomic E-state index is 0.0134. The Balaban J connectivity index is 1.18. The number of methoxy groups -OCH3 is 1. The third kappa shape index (κ3) is 6.15. The van der Waals surface area contributed by atoms with E-state index < -0.39 is 52.6 Å². The van der Waals surface area contributed by atoms with E-state index in [0.29, 0.717) is 31.1 Å². The van der Waals surface area contributed by atoms with Gasteiger partial charge in [0.25, 0.3) is 5.91 Å². The van der Waals surface area contributed by atoms with Crippen LogP contribution in [0, 0.1) is 41.1 Å². The molecule has 6 aliphatic carbocycles. The molecule has 0 radical (unpaired) electrons. The van der Waals surface area contributed by atoms with Crippen molar-refractivity contribution >= 4 is 40.8 Å². The Morgan fingerprint density at radius 3 is 2.20 bits per heavy atom. The summed E-state index contributed by atoms with van der Waals surface area (Å²) in [6, 6.07) is 0. The summed E-state index contributed by atoms with van der Waals surface area (Å²) in [5, 5.41) is 2.49. The summed E-state index contributed by atoms with van der Waals surface area (Å²) in [5.41, 5.74) is -2.87. The normalized spacial score (nSPS) is 30.6. The fourth-order valence-electron chi connectivity index (χ4n) is 8.67. The number of hydrogen-bond donors (Lipinski definition) is 1. The number of aromatic nitrogens is 4. The standard InChI is InChI=1S/C35H42FN5O8/c1-3-35(46-2,19-47-30(44)33-12-6-21(7-13-33)8-14-33)24(49-31(45)34-15-9-22(10-16-34)11-17-34)18-41-20-37-26-27(39-32(36)40-28(26)41)38-29(43)23-4-5-25(42)48-23/h1,20-24H,4-19H2,2H3,(H,38,39,40,43)/t21?,22?,23-,24+,33?,34?,35?/m1/s1. The van der Waals surface area contributed by atoms with Crippen molar-refractivity contribution in [3.05, 3.63) is 12.4 Å². The number of rotatable bonds is 11. The molecule has 0 spiro atoms. The molecule has 3 heterocycles. The Labute approximate surface area is 283 Å². The van der Waals surface area contributed by atoms with E-state index in [1.54, 1.807) is 0 Å². The van der Waals surface area contributed by atoms with Crippen LogP contribution in [-0.2, 0) is 44.7 Å². The predicted molar refractivity (Wildman–Crippen MR) is 170 cm³/mol. The molecule has 2 aromatic heterocycles. The summed E-state index contributed by atoms with van der Waals surface area (Å²) in [7, 11) is 1.38. The molecule has 1 N–H and O–H groups in total. The summed E-state index contributed by atoms with van der Waals surface area (Å²) in [5.74, 6) is 1.80. The average molecular weight is 680 g/mol. The second-order valence-corrected chi connectivity index (χ2v) is 14.6. The molecule has 6 saturated carbocycles. The highest BCUT2D eigenvalue weighted by Crippen LogP contribution is 2.52. The smallest absolute Gasteiger partial charge is 0.312 e. The molecule has 9 rings (SSSR count). The third-order valence-electron chi connectivity index (χ3n) is 12.1. The zero-order valence-corrected chi connectivity index (χ0v) is 27.7. The highest BCUT2D eigenvalue weighted by Gasteiger charge is 2.52. The number of ether oxygens (including phenoxy) is 4. The lowest BCUT2D eigenvalue weighted by Crippen LogP contribution is -2.54. The maximum atomic E-state index is 14.9. The van der Waals surface area contributed by atoms with Gasteiger partial charge in [-0.3, -0.25) is 19.2 Å². The summed E-state index contributed by atoms with van der Waals surface area (Å²) in [4.78, 5) is 64.0. The number of carbonyl (C=O) groups excluding carboxylic acids is 4. The van der Waals surface area contributed by atoms with Gasteiger partial charge in [0.05, 0.1) is 23.7 Å². The number of anilines is 1. The Morgan fingerprint density at radius 2 is 1.65 bits per heavy atom. The fourth-order valence-corrected chi connectivity index (χ4v) is 8.67. The first kappa shape index (κ1) is 33.4. The highest BCUT2D eigenvalue weighted by molar-refractivity contribution is 6.00. The lowest BCUT2D eigenvalue weighted by molar-refractivity contribution is -0.192. The van der Waals surface area contributed by atoms with Crippen LogP contribution in [0.5, 0.6) is 0 Å². The molecule has 7 aliphatic rings. The molecule has 2 aromatic rings. The molecular formula is C35H42FN5O8. The quantitative estimate of drug-likeness (QED) is 0.158. The van der Waals surface area contributed by atoms with Crippen molar-refractivity contribution in [3.63, 3.8) is 0 Å². The van der Waals surface area contributed by atoms with Crippen LogP contribution in [-0.4, -0.2) is 74.9 Å². The molecule has 14 heteroatoms. The van der Waals surface area contributed by atoms with Crippen LogP contribution in [0.1, 0.15) is 89.9 Å². The SMILES string of the molecule is C#CC(COC(=O)C12CCC(CC1)CC2)(OC)[C@H](Cn1cnc2c(NC(=O)[C@H]3CCC(=O)O3)nc(F)nc21)OC(=O)C12CCC(CC1)CC2. The number of halogens is 1. The maximum absolute atomic E-state index is 14.9. The number of amides is 1. The molecule has 0 aromatic carbocycles. The van der Waals surface area contributed by atoms with Gasteiger partial charge in [0.2, 0.25) is 5.60 Å². The van der Waals surface area contributed by atoms with Crippen molar-refractivity contribution in [1.82, 2.24) is 19.5 Å². The lowest BCUT2D eigenvalue weighted by Gasteiger charge is -2.46. The number of imidazole rings is 1. The topological polar surface area (TPSA) is 161 Å². The number of esters is 3. The van der Waals surface area contributed by atoms with Gasteiger partial charge in [-0.1, -0.05) is 5.92 Å². The Bertz CT molecular complexity index is 1660. The van der Waals surface area contributed by atoms with Crippen LogP contribution in [0.25, 0.3) is 11.2 Å². The van der Waals surface area contributed by atoms with E-state index in [0.717, 1.165) is 57.8 Å². The Hall–Kier alpha value is -4.12. The van der Waals surface area contributed by atoms with Crippen LogP contribution in [0.15, 0.2) is 6.33 Å². The number of carbonyl (C=O) groups is 4. The molecule has 262 valence electrons. The van der Waals surface area contributed by atoms with E-state index in [4.69, 9.17) is 25.4 Å². The van der Waals surface area contributed by atoms with E-state index in [1.807, 2.05) is 0 Å². The minimum Gasteiger partial charge on any atom is -0.461 e. The van der Waals surface area contributed by atoms with Gasteiger partial charge >= 0.3 is 24.0 Å². The van der Waals surface area contributed by atoms with E-state index in [1.165, 1.54) is 18.0 Å². The zero-order valence-electron chi connectivity index (χ0n) is 27.7. The molecule has 4 bridgehead atoms. The van der Waals surface area contributed by atoms with Crippen molar-refractivity contribution in [2.75, 3.05) is 19.0 Å². The van der Waals surface area contributed by atoms with Gasteiger partial charge in [0.15, 0.2) is 29.2 Å². The van der Waals surface area contributed by atoms with Crippen molar-refractivity contribution < 1.29 is 42.5 Å². The van der Waals surface area contributed by atoms with Gasteiger partial charge in [-0.2, -0.15) is 14.4 Å². The van der Waals surface area contributed by atoms with Gasteiger partial charge in [-0.25, -0.2) is 4.98 Å². The van der Waals surface area contributed by atoms with Crippen molar-refractivity contribution in [1.29, 1.82) is 0 Å². The minimum atomic E-state index is -1.71. The first-order valence-corrected chi connectivity index (χ1v) is 17.4. The molecule has 1 amide bonds. The largest absolute Gasteiger partial charge is 0.461 e. The van der Waals surface area contributed by atoms with Crippen LogP contribution in [0.2, 0.25) is 0 Å². The van der Waals surface area contributed by atoms with E-state index in [9.17, 15) is 23.6 Å². The second-order valence-electron chi connectivity index (χ2n) is 14.6. The number of cyclic esters (lactones) is 1. The van der Waals surface area contributed by atoms with Crippen molar-refractivity contribution in [3.8, 4) is 12.3 Å².